The maximum absolute atomic E-state index is 11.3. The van der Waals surface area contributed by atoms with E-state index in [2.05, 4.69) is 0 Å². The molecule has 0 heterocycles. The molecule has 0 aromatic heterocycles. The third-order valence-electron chi connectivity index (χ3n) is 3.34. The summed E-state index contributed by atoms with van der Waals surface area (Å²) >= 11 is 0. The first-order chi connectivity index (χ1) is 11.0. The van der Waals surface area contributed by atoms with Gasteiger partial charge < -0.3 is 9.68 Å². The minimum atomic E-state index is -0.580. The van der Waals surface area contributed by atoms with Crippen LogP contribution in [0, 0.1) is 0 Å². The Morgan fingerprint density at radius 1 is 0.783 bits per heavy atom. The highest BCUT2D eigenvalue weighted by Gasteiger charge is 2.17. The molecule has 0 radical (unpaired) electrons. The van der Waals surface area contributed by atoms with Crippen LogP contribution in [0.5, 0.6) is 0 Å². The smallest absolute Gasteiger partial charge is 0.306 e. The molecule has 0 aliphatic heterocycles. The molecular formula is C18H15NO4. The van der Waals surface area contributed by atoms with Crippen LogP contribution in [-0.4, -0.2) is 11.9 Å². The fourth-order valence-corrected chi connectivity index (χ4v) is 2.46. The van der Waals surface area contributed by atoms with Gasteiger partial charge in [0.2, 0.25) is 0 Å². The Bertz CT molecular complexity index is 888. The Morgan fingerprint density at radius 2 is 1.35 bits per heavy atom. The number of fused-ring (bicyclic) bond motifs is 2. The van der Waals surface area contributed by atoms with Gasteiger partial charge in [0.25, 0.3) is 0 Å². The predicted molar refractivity (Wildman–Crippen MR) is 87.5 cm³/mol. The summed E-state index contributed by atoms with van der Waals surface area (Å²) in [7, 11) is 0. The molecule has 0 aliphatic carbocycles. The molecule has 0 unspecified atom stereocenters. The molecule has 0 spiro atoms. The normalized spacial score (nSPS) is 10.5. The van der Waals surface area contributed by atoms with Crippen LogP contribution in [0.1, 0.15) is 13.8 Å². The van der Waals surface area contributed by atoms with E-state index < -0.39 is 11.9 Å². The highest BCUT2D eigenvalue weighted by atomic mass is 17.0. The Morgan fingerprint density at radius 3 is 1.96 bits per heavy atom. The molecule has 0 N–H and O–H groups in total. The van der Waals surface area contributed by atoms with E-state index >= 15 is 0 Å². The minimum Gasteiger partial charge on any atom is -0.306 e. The molecule has 0 saturated carbocycles. The zero-order valence-electron chi connectivity index (χ0n) is 12.8. The van der Waals surface area contributed by atoms with E-state index in [1.54, 1.807) is 6.07 Å². The predicted octanol–water partition coefficient (Wildman–Crippen LogP) is 3.76. The largest absolute Gasteiger partial charge is 0.333 e. The highest BCUT2D eigenvalue weighted by Crippen LogP contribution is 2.31. The molecular weight excluding hydrogens is 294 g/mol. The van der Waals surface area contributed by atoms with Crippen LogP contribution >= 0.6 is 0 Å². The van der Waals surface area contributed by atoms with Gasteiger partial charge in [-0.2, -0.15) is 0 Å². The Labute approximate surface area is 132 Å². The molecule has 0 saturated heterocycles. The number of rotatable bonds is 3. The second kappa shape index (κ2) is 5.96. The molecule has 5 nitrogen and oxygen atoms in total. The third-order valence-corrected chi connectivity index (χ3v) is 3.34. The number of hydrogen-bond acceptors (Lipinski definition) is 5. The van der Waals surface area contributed by atoms with Gasteiger partial charge in [-0.15, -0.1) is 0 Å². The van der Waals surface area contributed by atoms with E-state index in [1.807, 2.05) is 48.5 Å². The standard InChI is InChI=1S/C18H15NO4/c1-12(20)22-19(23-13(2)21)18-9-5-8-16-10-14-6-3-4-7-15(14)11-17(16)18/h3-11H,1-2H3. The molecule has 3 aromatic carbocycles. The van der Waals surface area contributed by atoms with Crippen molar-refractivity contribution >= 4 is 39.2 Å². The molecule has 5 heteroatoms. The fourth-order valence-electron chi connectivity index (χ4n) is 2.46. The summed E-state index contributed by atoms with van der Waals surface area (Å²) in [6.07, 6.45) is 0. The van der Waals surface area contributed by atoms with Gasteiger partial charge >= 0.3 is 11.9 Å². The van der Waals surface area contributed by atoms with Crippen LogP contribution in [0.2, 0.25) is 0 Å². The van der Waals surface area contributed by atoms with Gasteiger partial charge in [-0.25, -0.2) is 9.59 Å². The lowest BCUT2D eigenvalue weighted by Gasteiger charge is -2.21. The molecule has 0 aliphatic rings. The summed E-state index contributed by atoms with van der Waals surface area (Å²) in [5.74, 6) is -1.16. The van der Waals surface area contributed by atoms with E-state index in [0.717, 1.165) is 26.8 Å². The van der Waals surface area contributed by atoms with Gasteiger partial charge in [0.15, 0.2) is 0 Å². The van der Waals surface area contributed by atoms with Gasteiger partial charge in [-0.05, 0) is 39.6 Å². The molecule has 0 amide bonds. The van der Waals surface area contributed by atoms with Crippen LogP contribution in [0.15, 0.2) is 54.6 Å². The maximum atomic E-state index is 11.3. The number of carbonyl (C=O) groups excluding carboxylic acids is 2. The van der Waals surface area contributed by atoms with Crippen LogP contribution in [0.25, 0.3) is 21.5 Å². The first kappa shape index (κ1) is 14.8. The van der Waals surface area contributed by atoms with Gasteiger partial charge in [-0.3, -0.25) is 0 Å². The van der Waals surface area contributed by atoms with Crippen molar-refractivity contribution in [2.75, 3.05) is 5.23 Å². The lowest BCUT2D eigenvalue weighted by Crippen LogP contribution is -2.28. The number of nitrogens with zero attached hydrogens (tertiary/aromatic N) is 1. The van der Waals surface area contributed by atoms with Crippen molar-refractivity contribution in [2.45, 2.75) is 13.8 Å². The average molecular weight is 309 g/mol. The van der Waals surface area contributed by atoms with Crippen LogP contribution in [0.3, 0.4) is 0 Å². The number of carbonyl (C=O) groups is 2. The molecule has 0 atom stereocenters. The van der Waals surface area contributed by atoms with Crippen molar-refractivity contribution in [1.29, 1.82) is 0 Å². The van der Waals surface area contributed by atoms with E-state index in [4.69, 9.17) is 9.68 Å². The summed E-state index contributed by atoms with van der Waals surface area (Å²) in [6, 6.07) is 17.4. The van der Waals surface area contributed by atoms with Gasteiger partial charge in [0.05, 0.1) is 0 Å². The van der Waals surface area contributed by atoms with Gasteiger partial charge in [0, 0.05) is 19.2 Å². The fraction of sp³-hybridized carbons (Fsp3) is 0.111. The zero-order chi connectivity index (χ0) is 16.4. The third kappa shape index (κ3) is 3.08. The average Bonchev–Trinajstić information content (AvgIpc) is 2.50. The second-order valence-electron chi connectivity index (χ2n) is 5.12. The second-order valence-corrected chi connectivity index (χ2v) is 5.12. The quantitative estimate of drug-likeness (QED) is 0.545. The summed E-state index contributed by atoms with van der Waals surface area (Å²) in [4.78, 5) is 32.6. The molecule has 3 aromatic rings. The number of benzene rings is 3. The molecule has 0 fully saturated rings. The topological polar surface area (TPSA) is 55.8 Å². The lowest BCUT2D eigenvalue weighted by molar-refractivity contribution is -0.170. The van der Waals surface area contributed by atoms with Gasteiger partial charge in [-0.1, -0.05) is 36.4 Å². The number of hydrogen-bond donors (Lipinski definition) is 0. The molecule has 116 valence electrons. The van der Waals surface area contributed by atoms with E-state index in [9.17, 15) is 9.59 Å². The van der Waals surface area contributed by atoms with E-state index in [1.165, 1.54) is 13.8 Å². The first-order valence-electron chi connectivity index (χ1n) is 7.13. The van der Waals surface area contributed by atoms with Crippen molar-refractivity contribution in [3.63, 3.8) is 0 Å². The van der Waals surface area contributed by atoms with Crippen molar-refractivity contribution in [2.24, 2.45) is 0 Å². The molecule has 23 heavy (non-hydrogen) atoms. The summed E-state index contributed by atoms with van der Waals surface area (Å²) in [6.45, 7) is 2.49. The molecule has 3 rings (SSSR count). The van der Waals surface area contributed by atoms with E-state index in [-0.39, 0.29) is 0 Å². The van der Waals surface area contributed by atoms with Gasteiger partial charge in [0.1, 0.15) is 5.69 Å². The van der Waals surface area contributed by atoms with Crippen molar-refractivity contribution in [1.82, 2.24) is 0 Å². The van der Waals surface area contributed by atoms with Crippen LogP contribution < -0.4 is 5.23 Å². The highest BCUT2D eigenvalue weighted by molar-refractivity contribution is 6.03. The Hall–Kier alpha value is -3.08. The number of anilines is 1. The van der Waals surface area contributed by atoms with E-state index in [0.29, 0.717) is 5.69 Å². The van der Waals surface area contributed by atoms with Crippen molar-refractivity contribution < 1.29 is 19.3 Å². The lowest BCUT2D eigenvalue weighted by atomic mass is 10.0. The molecule has 0 bridgehead atoms. The van der Waals surface area contributed by atoms with Crippen LogP contribution in [0.4, 0.5) is 5.69 Å². The minimum absolute atomic E-state index is 0.485. The summed E-state index contributed by atoms with van der Waals surface area (Å²) in [5, 5.41) is 4.77. The summed E-state index contributed by atoms with van der Waals surface area (Å²) < 4.78 is 0. The van der Waals surface area contributed by atoms with Crippen molar-refractivity contribution in [3.8, 4) is 0 Å². The first-order valence-corrected chi connectivity index (χ1v) is 7.13. The zero-order valence-corrected chi connectivity index (χ0v) is 12.8. The maximum Gasteiger partial charge on any atom is 0.333 e. The van der Waals surface area contributed by atoms with Crippen LogP contribution in [-0.2, 0) is 19.3 Å². The monoisotopic (exact) mass is 309 g/mol. The SMILES string of the molecule is CC(=O)ON(OC(C)=O)c1cccc2cc3ccccc3cc12. The Balaban J connectivity index is 2.19. The summed E-state index contributed by atoms with van der Waals surface area (Å²) in [5.41, 5.74) is 0.485. The van der Waals surface area contributed by atoms with Crippen molar-refractivity contribution in [3.05, 3.63) is 54.6 Å². The Kier molecular flexibility index (Phi) is 3.85.